The Morgan fingerprint density at radius 1 is 0.630 bits per heavy atom. The van der Waals surface area contributed by atoms with E-state index >= 15 is 0 Å². The van der Waals surface area contributed by atoms with Crippen LogP contribution < -0.4 is 5.56 Å². The Morgan fingerprint density at radius 3 is 1.74 bits per heavy atom. The second-order valence-electron chi connectivity index (χ2n) is 6.43. The third kappa shape index (κ3) is 3.15. The molecule has 0 fully saturated rings. The zero-order valence-electron chi connectivity index (χ0n) is 14.6. The zero-order chi connectivity index (χ0) is 18.7. The van der Waals surface area contributed by atoms with Crippen LogP contribution in [0.25, 0.3) is 0 Å². The van der Waals surface area contributed by atoms with E-state index in [1.54, 1.807) is 6.07 Å². The molecule has 0 spiro atoms. The highest BCUT2D eigenvalue weighted by atomic mass is 79.9. The van der Waals surface area contributed by atoms with Gasteiger partial charge in [-0.25, -0.2) is 0 Å². The SMILES string of the molecule is O=c1ccc(C(c2ccccc2)(c2ccccc2)c2cccc(Br)c2)c[nH]1. The molecule has 0 aliphatic carbocycles. The molecule has 1 N–H and O–H groups in total. The van der Waals surface area contributed by atoms with Crippen molar-refractivity contribution in [2.75, 3.05) is 0 Å². The number of nitrogens with one attached hydrogen (secondary N) is 1. The van der Waals surface area contributed by atoms with Crippen molar-refractivity contribution in [1.29, 1.82) is 0 Å². The Balaban J connectivity index is 2.15. The van der Waals surface area contributed by atoms with Gasteiger partial charge in [-0.2, -0.15) is 0 Å². The summed E-state index contributed by atoms with van der Waals surface area (Å²) in [6.07, 6.45) is 1.82. The highest BCUT2D eigenvalue weighted by Crippen LogP contribution is 2.45. The molecule has 0 aliphatic rings. The fraction of sp³-hybridized carbons (Fsp3) is 0.0417. The van der Waals surface area contributed by atoms with Crippen LogP contribution in [0.2, 0.25) is 0 Å². The van der Waals surface area contributed by atoms with Crippen molar-refractivity contribution in [2.45, 2.75) is 5.41 Å². The molecule has 1 heterocycles. The van der Waals surface area contributed by atoms with E-state index in [0.717, 1.165) is 26.7 Å². The van der Waals surface area contributed by atoms with Crippen LogP contribution in [0.1, 0.15) is 22.3 Å². The molecule has 132 valence electrons. The summed E-state index contributed by atoms with van der Waals surface area (Å²) in [6, 6.07) is 32.7. The first kappa shape index (κ1) is 17.5. The summed E-state index contributed by atoms with van der Waals surface area (Å²) in [6.45, 7) is 0. The number of rotatable bonds is 4. The maximum atomic E-state index is 11.7. The van der Waals surface area contributed by atoms with Crippen molar-refractivity contribution < 1.29 is 0 Å². The van der Waals surface area contributed by atoms with Gasteiger partial charge in [0.25, 0.3) is 0 Å². The smallest absolute Gasteiger partial charge is 0.247 e. The first-order valence-electron chi connectivity index (χ1n) is 8.77. The Labute approximate surface area is 166 Å². The van der Waals surface area contributed by atoms with Crippen LogP contribution >= 0.6 is 15.9 Å². The molecule has 0 bridgehead atoms. The van der Waals surface area contributed by atoms with Gasteiger partial charge in [-0.05, 0) is 34.4 Å². The Kier molecular flexibility index (Phi) is 4.78. The van der Waals surface area contributed by atoms with Gasteiger partial charge >= 0.3 is 0 Å². The van der Waals surface area contributed by atoms with Gasteiger partial charge in [-0.1, -0.05) is 94.8 Å². The van der Waals surface area contributed by atoms with E-state index in [-0.39, 0.29) is 5.56 Å². The fourth-order valence-corrected chi connectivity index (χ4v) is 4.14. The molecule has 0 unspecified atom stereocenters. The molecule has 4 rings (SSSR count). The molecule has 0 saturated carbocycles. The Morgan fingerprint density at radius 2 is 1.22 bits per heavy atom. The van der Waals surface area contributed by atoms with E-state index in [1.807, 2.05) is 36.5 Å². The molecule has 1 aromatic heterocycles. The van der Waals surface area contributed by atoms with E-state index < -0.39 is 5.41 Å². The van der Waals surface area contributed by atoms with E-state index in [1.165, 1.54) is 0 Å². The summed E-state index contributed by atoms with van der Waals surface area (Å²) in [5, 5.41) is 0. The summed E-state index contributed by atoms with van der Waals surface area (Å²) in [5.74, 6) is 0. The van der Waals surface area contributed by atoms with Crippen LogP contribution in [0.4, 0.5) is 0 Å². The van der Waals surface area contributed by atoms with Crippen molar-refractivity contribution in [1.82, 2.24) is 4.98 Å². The van der Waals surface area contributed by atoms with Crippen LogP contribution in [0.15, 0.2) is 113 Å². The Hall–Kier alpha value is -2.91. The molecular weight excluding hydrogens is 398 g/mol. The zero-order valence-corrected chi connectivity index (χ0v) is 16.2. The molecule has 2 nitrogen and oxygen atoms in total. The number of pyridine rings is 1. The Bertz CT molecular complexity index is 1040. The second kappa shape index (κ2) is 7.37. The largest absolute Gasteiger partial charge is 0.329 e. The van der Waals surface area contributed by atoms with Crippen LogP contribution in [0.3, 0.4) is 0 Å². The molecule has 27 heavy (non-hydrogen) atoms. The van der Waals surface area contributed by atoms with E-state index in [9.17, 15) is 4.79 Å². The monoisotopic (exact) mass is 415 g/mol. The fourth-order valence-electron chi connectivity index (χ4n) is 3.74. The predicted octanol–water partition coefficient (Wildman–Crippen LogP) is 5.52. The van der Waals surface area contributed by atoms with Crippen molar-refractivity contribution >= 4 is 15.9 Å². The number of halogens is 1. The number of aromatic amines is 1. The van der Waals surface area contributed by atoms with Crippen molar-refractivity contribution in [3.8, 4) is 0 Å². The lowest BCUT2D eigenvalue weighted by Crippen LogP contribution is -2.31. The molecular formula is C24H18BrNO. The van der Waals surface area contributed by atoms with Crippen molar-refractivity contribution in [2.24, 2.45) is 0 Å². The standard InChI is InChI=1S/C24H18BrNO/c25-22-13-7-12-20(16-22)24(18-8-3-1-4-9-18,19-10-5-2-6-11-19)21-14-15-23(27)26-17-21/h1-17H,(H,26,27). The van der Waals surface area contributed by atoms with Gasteiger partial charge < -0.3 is 4.98 Å². The normalized spacial score (nSPS) is 11.3. The summed E-state index contributed by atoms with van der Waals surface area (Å²) in [7, 11) is 0. The lowest BCUT2D eigenvalue weighted by atomic mass is 9.65. The lowest BCUT2D eigenvalue weighted by Gasteiger charge is -2.36. The number of benzene rings is 3. The van der Waals surface area contributed by atoms with Crippen molar-refractivity contribution in [3.05, 3.63) is 140 Å². The maximum absolute atomic E-state index is 11.7. The van der Waals surface area contributed by atoms with Gasteiger partial charge in [0.2, 0.25) is 5.56 Å². The molecule has 0 atom stereocenters. The maximum Gasteiger partial charge on any atom is 0.247 e. The minimum atomic E-state index is -0.545. The van der Waals surface area contributed by atoms with Crippen LogP contribution in [-0.4, -0.2) is 4.98 Å². The second-order valence-corrected chi connectivity index (χ2v) is 7.35. The van der Waals surface area contributed by atoms with Gasteiger partial charge in [0, 0.05) is 16.7 Å². The van der Waals surface area contributed by atoms with Crippen LogP contribution in [0.5, 0.6) is 0 Å². The van der Waals surface area contributed by atoms with Gasteiger partial charge in [0.1, 0.15) is 0 Å². The third-order valence-electron chi connectivity index (χ3n) is 4.89. The van der Waals surface area contributed by atoms with Gasteiger partial charge in [0.05, 0.1) is 5.41 Å². The van der Waals surface area contributed by atoms with Crippen molar-refractivity contribution in [3.63, 3.8) is 0 Å². The topological polar surface area (TPSA) is 32.9 Å². The van der Waals surface area contributed by atoms with Gasteiger partial charge in [-0.3, -0.25) is 4.79 Å². The number of hydrogen-bond acceptors (Lipinski definition) is 1. The van der Waals surface area contributed by atoms with Gasteiger partial charge in [-0.15, -0.1) is 0 Å². The van der Waals surface area contributed by atoms with Gasteiger partial charge in [0.15, 0.2) is 0 Å². The first-order valence-corrected chi connectivity index (χ1v) is 9.57. The summed E-state index contributed by atoms with van der Waals surface area (Å²) in [5.41, 5.74) is 3.76. The summed E-state index contributed by atoms with van der Waals surface area (Å²) in [4.78, 5) is 14.6. The lowest BCUT2D eigenvalue weighted by molar-refractivity contribution is 0.738. The summed E-state index contributed by atoms with van der Waals surface area (Å²) >= 11 is 3.63. The quantitative estimate of drug-likeness (QED) is 0.437. The number of hydrogen-bond donors (Lipinski definition) is 1. The minimum Gasteiger partial charge on any atom is -0.329 e. The average molecular weight is 416 g/mol. The minimum absolute atomic E-state index is 0.108. The predicted molar refractivity (Wildman–Crippen MR) is 113 cm³/mol. The third-order valence-corrected chi connectivity index (χ3v) is 5.38. The molecule has 0 aliphatic heterocycles. The average Bonchev–Trinajstić information content (AvgIpc) is 2.72. The van der Waals surface area contributed by atoms with Crippen LogP contribution in [-0.2, 0) is 5.41 Å². The molecule has 3 heteroatoms. The number of aromatic nitrogens is 1. The van der Waals surface area contributed by atoms with E-state index in [2.05, 4.69) is 81.6 Å². The van der Waals surface area contributed by atoms with E-state index in [4.69, 9.17) is 0 Å². The molecule has 0 amide bonds. The molecule has 3 aromatic carbocycles. The van der Waals surface area contributed by atoms with Crippen LogP contribution in [0, 0.1) is 0 Å². The molecule has 4 aromatic rings. The molecule has 0 saturated heterocycles. The van der Waals surface area contributed by atoms with E-state index in [0.29, 0.717) is 0 Å². The highest BCUT2D eigenvalue weighted by Gasteiger charge is 2.38. The first-order chi connectivity index (χ1) is 13.2. The highest BCUT2D eigenvalue weighted by molar-refractivity contribution is 9.10. The number of H-pyrrole nitrogens is 1. The summed E-state index contributed by atoms with van der Waals surface area (Å²) < 4.78 is 1.01. The molecule has 0 radical (unpaired) electrons.